The maximum atomic E-state index is 12.6. The maximum Gasteiger partial charge on any atom is 0.313 e. The summed E-state index contributed by atoms with van der Waals surface area (Å²) in [5, 5.41) is 5.58. The van der Waals surface area contributed by atoms with Crippen LogP contribution in [0.2, 0.25) is 0 Å². The molecule has 2 aromatic carbocycles. The van der Waals surface area contributed by atoms with E-state index in [4.69, 9.17) is 0 Å². The number of nitrogens with zero attached hydrogens (tertiary/aromatic N) is 3. The fourth-order valence-electron chi connectivity index (χ4n) is 4.70. The van der Waals surface area contributed by atoms with Crippen molar-refractivity contribution in [3.63, 3.8) is 0 Å². The fraction of sp³-hybridized carbons (Fsp3) is 0.462. The number of nitrogens with one attached hydrogen (secondary N) is 2. The summed E-state index contributed by atoms with van der Waals surface area (Å²) >= 11 is 0. The van der Waals surface area contributed by atoms with Crippen LogP contribution < -0.4 is 15.5 Å². The molecule has 0 aromatic heterocycles. The Bertz CT molecular complexity index is 983. The Morgan fingerprint density at radius 3 is 2.39 bits per heavy atom. The quantitative estimate of drug-likeness (QED) is 0.687. The third kappa shape index (κ3) is 5.72. The van der Waals surface area contributed by atoms with Gasteiger partial charge in [-0.1, -0.05) is 29.8 Å². The van der Waals surface area contributed by atoms with Gasteiger partial charge in [0.1, 0.15) is 0 Å². The number of likely N-dealkylation sites (N-methyl/N-ethyl adjacent to an activating group) is 1. The molecule has 2 N–H and O–H groups in total. The van der Waals surface area contributed by atoms with Gasteiger partial charge in [0, 0.05) is 57.7 Å². The zero-order valence-corrected chi connectivity index (χ0v) is 19.9. The van der Waals surface area contributed by atoms with Gasteiger partial charge in [-0.2, -0.15) is 0 Å². The lowest BCUT2D eigenvalue weighted by atomic mass is 9.95. The van der Waals surface area contributed by atoms with Crippen LogP contribution in [0.5, 0.6) is 0 Å². The van der Waals surface area contributed by atoms with Crippen LogP contribution >= 0.6 is 0 Å². The van der Waals surface area contributed by atoms with E-state index in [1.54, 1.807) is 12.1 Å². The summed E-state index contributed by atoms with van der Waals surface area (Å²) in [5.41, 5.74) is 5.58. The Labute approximate surface area is 196 Å². The Morgan fingerprint density at radius 1 is 0.939 bits per heavy atom. The molecule has 2 amide bonds. The molecule has 0 saturated carbocycles. The molecule has 2 aliphatic heterocycles. The molecule has 1 atom stereocenters. The highest BCUT2D eigenvalue weighted by Crippen LogP contribution is 2.31. The van der Waals surface area contributed by atoms with Gasteiger partial charge >= 0.3 is 11.8 Å². The van der Waals surface area contributed by atoms with Crippen molar-refractivity contribution < 1.29 is 9.59 Å². The highest BCUT2D eigenvalue weighted by atomic mass is 16.2. The first-order valence-electron chi connectivity index (χ1n) is 11.8. The van der Waals surface area contributed by atoms with Gasteiger partial charge in [-0.15, -0.1) is 0 Å². The van der Waals surface area contributed by atoms with E-state index >= 15 is 0 Å². The largest absolute Gasteiger partial charge is 0.374 e. The van der Waals surface area contributed by atoms with Crippen LogP contribution in [-0.4, -0.2) is 75.0 Å². The third-order valence-corrected chi connectivity index (χ3v) is 6.79. The van der Waals surface area contributed by atoms with E-state index in [1.165, 1.54) is 16.8 Å². The number of hydrogen-bond donors (Lipinski definition) is 2. The molecule has 0 bridgehead atoms. The molecule has 176 valence electrons. The summed E-state index contributed by atoms with van der Waals surface area (Å²) in [6.07, 6.45) is 2.23. The number of carbonyl (C=O) groups is 2. The van der Waals surface area contributed by atoms with Crippen LogP contribution in [0.1, 0.15) is 29.2 Å². The minimum absolute atomic E-state index is 0.0346. The van der Waals surface area contributed by atoms with E-state index in [1.807, 2.05) is 19.1 Å². The van der Waals surface area contributed by atoms with Crippen LogP contribution in [0.4, 0.5) is 11.4 Å². The standard InChI is InChI=1S/C26H35N5O2/c1-19-6-9-22(10-7-19)28-26(33)25(32)27-18-24(31-15-13-29(2)14-16-31)21-8-11-23-20(17-21)5-4-12-30(23)3/h6-11,17,24H,4-5,12-16,18H2,1-3H3,(H,27,32)(H,28,33)/t24-/m0/s1. The monoisotopic (exact) mass is 449 g/mol. The molecule has 33 heavy (non-hydrogen) atoms. The average Bonchev–Trinajstić information content (AvgIpc) is 2.81. The number of benzene rings is 2. The molecule has 7 heteroatoms. The molecule has 0 unspecified atom stereocenters. The van der Waals surface area contributed by atoms with E-state index < -0.39 is 11.8 Å². The summed E-state index contributed by atoms with van der Waals surface area (Å²) in [5.74, 6) is -1.24. The molecule has 0 spiro atoms. The van der Waals surface area contributed by atoms with Gasteiger partial charge in [-0.25, -0.2) is 0 Å². The lowest BCUT2D eigenvalue weighted by molar-refractivity contribution is -0.136. The second-order valence-corrected chi connectivity index (χ2v) is 9.30. The first-order valence-corrected chi connectivity index (χ1v) is 11.8. The number of anilines is 2. The summed E-state index contributed by atoms with van der Waals surface area (Å²) in [6.45, 7) is 7.32. The fourth-order valence-corrected chi connectivity index (χ4v) is 4.70. The van der Waals surface area contributed by atoms with Crippen molar-refractivity contribution in [3.8, 4) is 0 Å². The van der Waals surface area contributed by atoms with Crippen LogP contribution in [0.25, 0.3) is 0 Å². The van der Waals surface area contributed by atoms with E-state index in [2.05, 4.69) is 57.6 Å². The maximum absolute atomic E-state index is 12.6. The average molecular weight is 450 g/mol. The topological polar surface area (TPSA) is 67.9 Å². The molecular formula is C26H35N5O2. The smallest absolute Gasteiger partial charge is 0.313 e. The first kappa shape index (κ1) is 23.3. The van der Waals surface area contributed by atoms with Crippen molar-refractivity contribution in [3.05, 3.63) is 59.2 Å². The van der Waals surface area contributed by atoms with Gasteiger partial charge in [-0.3, -0.25) is 14.5 Å². The van der Waals surface area contributed by atoms with Crippen LogP contribution in [0.3, 0.4) is 0 Å². The SMILES string of the molecule is Cc1ccc(NC(=O)C(=O)NC[C@@H](c2ccc3c(c2)CCCN3C)N2CCN(C)CC2)cc1. The predicted molar refractivity (Wildman–Crippen MR) is 133 cm³/mol. The van der Waals surface area contributed by atoms with Gasteiger partial charge in [0.05, 0.1) is 6.04 Å². The Morgan fingerprint density at radius 2 is 1.67 bits per heavy atom. The van der Waals surface area contributed by atoms with Crippen molar-refractivity contribution >= 4 is 23.2 Å². The number of rotatable bonds is 5. The lowest BCUT2D eigenvalue weighted by Gasteiger charge is -2.39. The molecule has 0 aliphatic carbocycles. The molecule has 0 radical (unpaired) electrons. The van der Waals surface area contributed by atoms with Crippen molar-refractivity contribution in [2.75, 3.05) is 63.6 Å². The van der Waals surface area contributed by atoms with Gasteiger partial charge < -0.3 is 20.4 Å². The van der Waals surface area contributed by atoms with E-state index in [9.17, 15) is 9.59 Å². The van der Waals surface area contributed by atoms with Crippen molar-refractivity contribution in [1.82, 2.24) is 15.1 Å². The number of aryl methyl sites for hydroxylation is 2. The zero-order valence-electron chi connectivity index (χ0n) is 19.9. The number of carbonyl (C=O) groups excluding carboxylic acids is 2. The highest BCUT2D eigenvalue weighted by Gasteiger charge is 2.27. The molecule has 1 fully saturated rings. The molecule has 4 rings (SSSR count). The Balaban J connectivity index is 1.46. The lowest BCUT2D eigenvalue weighted by Crippen LogP contribution is -2.49. The number of fused-ring (bicyclic) bond motifs is 1. The Hall–Kier alpha value is -2.90. The van der Waals surface area contributed by atoms with E-state index in [0.717, 1.165) is 51.1 Å². The van der Waals surface area contributed by atoms with Gasteiger partial charge in [-0.05, 0) is 56.1 Å². The van der Waals surface area contributed by atoms with E-state index in [0.29, 0.717) is 12.2 Å². The van der Waals surface area contributed by atoms with Crippen LogP contribution in [0, 0.1) is 6.92 Å². The molecule has 7 nitrogen and oxygen atoms in total. The second kappa shape index (κ2) is 10.4. The highest BCUT2D eigenvalue weighted by molar-refractivity contribution is 6.39. The summed E-state index contributed by atoms with van der Waals surface area (Å²) < 4.78 is 0. The second-order valence-electron chi connectivity index (χ2n) is 9.30. The molecular weight excluding hydrogens is 414 g/mol. The van der Waals surface area contributed by atoms with Gasteiger partial charge in [0.2, 0.25) is 0 Å². The minimum atomic E-state index is -0.636. The van der Waals surface area contributed by atoms with Crippen LogP contribution in [-0.2, 0) is 16.0 Å². The van der Waals surface area contributed by atoms with E-state index in [-0.39, 0.29) is 6.04 Å². The summed E-state index contributed by atoms with van der Waals surface area (Å²) in [7, 11) is 4.28. The zero-order chi connectivity index (χ0) is 23.4. The van der Waals surface area contributed by atoms with Crippen LogP contribution in [0.15, 0.2) is 42.5 Å². The summed E-state index contributed by atoms with van der Waals surface area (Å²) in [6, 6.07) is 14.1. The molecule has 1 saturated heterocycles. The van der Waals surface area contributed by atoms with Crippen molar-refractivity contribution in [2.24, 2.45) is 0 Å². The predicted octanol–water partition coefficient (Wildman–Crippen LogP) is 2.42. The minimum Gasteiger partial charge on any atom is -0.374 e. The normalized spacial score (nSPS) is 17.8. The van der Waals surface area contributed by atoms with Crippen molar-refractivity contribution in [1.29, 1.82) is 0 Å². The molecule has 2 aromatic rings. The first-order chi connectivity index (χ1) is 15.9. The van der Waals surface area contributed by atoms with Crippen molar-refractivity contribution in [2.45, 2.75) is 25.8 Å². The molecule has 2 heterocycles. The Kier molecular flexibility index (Phi) is 7.30. The molecule has 2 aliphatic rings. The van der Waals surface area contributed by atoms with Gasteiger partial charge in [0.25, 0.3) is 0 Å². The number of hydrogen-bond acceptors (Lipinski definition) is 5. The van der Waals surface area contributed by atoms with Gasteiger partial charge in [0.15, 0.2) is 0 Å². The number of piperazine rings is 1. The third-order valence-electron chi connectivity index (χ3n) is 6.79. The number of amides is 2. The summed E-state index contributed by atoms with van der Waals surface area (Å²) in [4.78, 5) is 32.1.